The largest absolute Gasteiger partial charge is 0.313 e. The van der Waals surface area contributed by atoms with Crippen LogP contribution in [0.2, 0.25) is 0 Å². The van der Waals surface area contributed by atoms with Gasteiger partial charge in [-0.15, -0.1) is 0 Å². The summed E-state index contributed by atoms with van der Waals surface area (Å²) in [4.78, 5) is 4.41. The van der Waals surface area contributed by atoms with Crippen molar-refractivity contribution in [3.8, 4) is 0 Å². The van der Waals surface area contributed by atoms with Gasteiger partial charge in [0.05, 0.1) is 0 Å². The molecule has 2 rings (SSSR count). The minimum Gasteiger partial charge on any atom is -0.313 e. The molecule has 1 aromatic carbocycles. The highest BCUT2D eigenvalue weighted by molar-refractivity contribution is 5.33. The van der Waals surface area contributed by atoms with Gasteiger partial charge in [-0.2, -0.15) is 5.10 Å². The Labute approximate surface area is 121 Å². The van der Waals surface area contributed by atoms with Crippen LogP contribution in [-0.4, -0.2) is 21.8 Å². The average molecular weight is 272 g/mol. The molecule has 0 aliphatic carbocycles. The van der Waals surface area contributed by atoms with Crippen LogP contribution in [0.4, 0.5) is 0 Å². The Hall–Kier alpha value is -1.68. The molecule has 0 amide bonds. The summed E-state index contributed by atoms with van der Waals surface area (Å²) in [6.45, 7) is 8.55. The van der Waals surface area contributed by atoms with Crippen molar-refractivity contribution in [3.05, 3.63) is 47.0 Å². The van der Waals surface area contributed by atoms with Crippen LogP contribution in [0.5, 0.6) is 0 Å². The van der Waals surface area contributed by atoms with Crippen molar-refractivity contribution in [3.63, 3.8) is 0 Å². The van der Waals surface area contributed by atoms with Crippen LogP contribution in [0.1, 0.15) is 48.4 Å². The number of hydrogen-bond donors (Lipinski definition) is 1. The van der Waals surface area contributed by atoms with Gasteiger partial charge in [0.1, 0.15) is 12.2 Å². The first kappa shape index (κ1) is 14.7. The Balaban J connectivity index is 2.27. The summed E-state index contributed by atoms with van der Waals surface area (Å²) < 4.78 is 1.99. The highest BCUT2D eigenvalue weighted by Crippen LogP contribution is 2.22. The molecule has 1 heterocycles. The molecule has 0 fully saturated rings. The standard InChI is InChI=1S/C16H24N4/c1-11(2)20-16(18-10-19-20)9-15(17-5)14-7-6-12(3)8-13(14)4/h6-8,10-11,15,17H,9H2,1-5H3. The molecule has 0 aliphatic heterocycles. The van der Waals surface area contributed by atoms with Crippen LogP contribution < -0.4 is 5.32 Å². The van der Waals surface area contributed by atoms with Gasteiger partial charge in [-0.1, -0.05) is 23.8 Å². The summed E-state index contributed by atoms with van der Waals surface area (Å²) in [5.41, 5.74) is 3.95. The number of nitrogens with zero attached hydrogens (tertiary/aromatic N) is 3. The maximum Gasteiger partial charge on any atom is 0.138 e. The van der Waals surface area contributed by atoms with E-state index in [1.165, 1.54) is 16.7 Å². The molecule has 2 aromatic rings. The summed E-state index contributed by atoms with van der Waals surface area (Å²) in [7, 11) is 2.00. The second-order valence-electron chi connectivity index (χ2n) is 5.62. The minimum absolute atomic E-state index is 0.261. The van der Waals surface area contributed by atoms with Crippen LogP contribution in [-0.2, 0) is 6.42 Å². The first-order valence-corrected chi connectivity index (χ1v) is 7.15. The molecule has 0 saturated heterocycles. The normalized spacial score (nSPS) is 12.9. The second kappa shape index (κ2) is 6.18. The Bertz CT molecular complexity index is 572. The quantitative estimate of drug-likeness (QED) is 0.910. The predicted octanol–water partition coefficient (Wildman–Crippen LogP) is 2.98. The number of likely N-dealkylation sites (N-methyl/N-ethyl adjacent to an activating group) is 1. The molecule has 1 atom stereocenters. The molecule has 0 saturated carbocycles. The molecule has 0 bridgehead atoms. The summed E-state index contributed by atoms with van der Waals surface area (Å²) in [5, 5.41) is 7.71. The van der Waals surface area contributed by atoms with E-state index in [1.807, 2.05) is 11.7 Å². The van der Waals surface area contributed by atoms with Crippen LogP contribution in [0.15, 0.2) is 24.5 Å². The Kier molecular flexibility index (Phi) is 4.55. The van der Waals surface area contributed by atoms with E-state index >= 15 is 0 Å². The average Bonchev–Trinajstić information content (AvgIpc) is 2.85. The lowest BCUT2D eigenvalue weighted by molar-refractivity contribution is 0.477. The molecule has 0 aliphatic rings. The molecule has 4 nitrogen and oxygen atoms in total. The van der Waals surface area contributed by atoms with E-state index in [4.69, 9.17) is 0 Å². The summed E-state index contributed by atoms with van der Waals surface area (Å²) in [6.07, 6.45) is 2.49. The van der Waals surface area contributed by atoms with Crippen molar-refractivity contribution in [1.29, 1.82) is 0 Å². The molecule has 1 N–H and O–H groups in total. The third kappa shape index (κ3) is 3.07. The zero-order chi connectivity index (χ0) is 14.7. The van der Waals surface area contributed by atoms with Crippen molar-refractivity contribution in [2.45, 2.75) is 46.2 Å². The van der Waals surface area contributed by atoms with Crippen molar-refractivity contribution in [1.82, 2.24) is 20.1 Å². The Morgan fingerprint density at radius 3 is 2.60 bits per heavy atom. The van der Waals surface area contributed by atoms with Gasteiger partial charge in [0.2, 0.25) is 0 Å². The van der Waals surface area contributed by atoms with Crippen molar-refractivity contribution >= 4 is 0 Å². The van der Waals surface area contributed by atoms with E-state index in [2.05, 4.69) is 61.3 Å². The first-order chi connectivity index (χ1) is 9.52. The van der Waals surface area contributed by atoms with E-state index in [0.29, 0.717) is 6.04 Å². The maximum absolute atomic E-state index is 4.41. The molecular formula is C16H24N4. The third-order valence-corrected chi connectivity index (χ3v) is 3.67. The van der Waals surface area contributed by atoms with Crippen LogP contribution in [0.25, 0.3) is 0 Å². The number of aryl methyl sites for hydroxylation is 2. The number of aromatic nitrogens is 3. The van der Waals surface area contributed by atoms with E-state index in [-0.39, 0.29) is 6.04 Å². The van der Waals surface area contributed by atoms with Gasteiger partial charge in [-0.05, 0) is 45.9 Å². The number of nitrogens with one attached hydrogen (secondary N) is 1. The van der Waals surface area contributed by atoms with Gasteiger partial charge in [0.15, 0.2) is 0 Å². The molecular weight excluding hydrogens is 248 g/mol. The molecule has 20 heavy (non-hydrogen) atoms. The highest BCUT2D eigenvalue weighted by Gasteiger charge is 2.17. The summed E-state index contributed by atoms with van der Waals surface area (Å²) in [6, 6.07) is 7.20. The van der Waals surface area contributed by atoms with Gasteiger partial charge in [-0.25, -0.2) is 9.67 Å². The van der Waals surface area contributed by atoms with E-state index in [1.54, 1.807) is 6.33 Å². The predicted molar refractivity (Wildman–Crippen MR) is 81.8 cm³/mol. The zero-order valence-corrected chi connectivity index (χ0v) is 13.0. The van der Waals surface area contributed by atoms with Gasteiger partial charge < -0.3 is 5.32 Å². The monoisotopic (exact) mass is 272 g/mol. The van der Waals surface area contributed by atoms with Gasteiger partial charge >= 0.3 is 0 Å². The number of rotatable bonds is 5. The van der Waals surface area contributed by atoms with Gasteiger partial charge in [0, 0.05) is 18.5 Å². The van der Waals surface area contributed by atoms with Crippen molar-refractivity contribution < 1.29 is 0 Å². The Morgan fingerprint density at radius 2 is 2.00 bits per heavy atom. The van der Waals surface area contributed by atoms with Gasteiger partial charge in [-0.3, -0.25) is 0 Å². The molecule has 0 spiro atoms. The van der Waals surface area contributed by atoms with Crippen molar-refractivity contribution in [2.24, 2.45) is 0 Å². The van der Waals surface area contributed by atoms with E-state index in [9.17, 15) is 0 Å². The molecule has 1 aromatic heterocycles. The van der Waals surface area contributed by atoms with Crippen LogP contribution in [0.3, 0.4) is 0 Å². The highest BCUT2D eigenvalue weighted by atomic mass is 15.3. The third-order valence-electron chi connectivity index (χ3n) is 3.67. The lowest BCUT2D eigenvalue weighted by Crippen LogP contribution is -2.22. The summed E-state index contributed by atoms with van der Waals surface area (Å²) >= 11 is 0. The topological polar surface area (TPSA) is 42.7 Å². The fraction of sp³-hybridized carbons (Fsp3) is 0.500. The van der Waals surface area contributed by atoms with Crippen LogP contribution >= 0.6 is 0 Å². The second-order valence-corrected chi connectivity index (χ2v) is 5.62. The van der Waals surface area contributed by atoms with E-state index in [0.717, 1.165) is 12.2 Å². The SMILES string of the molecule is CNC(Cc1ncnn1C(C)C)c1ccc(C)cc1C. The van der Waals surface area contributed by atoms with E-state index < -0.39 is 0 Å². The molecule has 4 heteroatoms. The molecule has 1 unspecified atom stereocenters. The smallest absolute Gasteiger partial charge is 0.138 e. The zero-order valence-electron chi connectivity index (χ0n) is 13.0. The van der Waals surface area contributed by atoms with Crippen molar-refractivity contribution in [2.75, 3.05) is 7.05 Å². The van der Waals surface area contributed by atoms with Gasteiger partial charge in [0.25, 0.3) is 0 Å². The fourth-order valence-corrected chi connectivity index (χ4v) is 2.62. The molecule has 108 valence electrons. The lowest BCUT2D eigenvalue weighted by Gasteiger charge is -2.20. The first-order valence-electron chi connectivity index (χ1n) is 7.15. The maximum atomic E-state index is 4.41. The number of benzene rings is 1. The number of hydrogen-bond acceptors (Lipinski definition) is 3. The lowest BCUT2D eigenvalue weighted by atomic mass is 9.97. The van der Waals surface area contributed by atoms with Crippen LogP contribution in [0, 0.1) is 13.8 Å². The summed E-state index contributed by atoms with van der Waals surface area (Å²) in [5.74, 6) is 1.03. The minimum atomic E-state index is 0.261. The Morgan fingerprint density at radius 1 is 1.25 bits per heavy atom. The molecule has 0 radical (unpaired) electrons. The fourth-order valence-electron chi connectivity index (χ4n) is 2.62.